The van der Waals surface area contributed by atoms with Crippen LogP contribution < -0.4 is 10.1 Å². The van der Waals surface area contributed by atoms with Gasteiger partial charge in [0.2, 0.25) is 5.91 Å². The fourth-order valence-electron chi connectivity index (χ4n) is 2.77. The standard InChI is InChI=1S/C22H23ClN2O2S/c1-22(2,3)15-8-9-19(27-4)18(11-15)25-20(26)12-17-13-28-21(24-17)14-6-5-7-16(23)10-14/h5-11,13H,12H2,1-4H3,(H,25,26). The molecule has 3 aromatic rings. The second kappa shape index (κ2) is 8.33. The summed E-state index contributed by atoms with van der Waals surface area (Å²) in [5, 5.41) is 6.37. The highest BCUT2D eigenvalue weighted by atomic mass is 35.5. The first kappa shape index (κ1) is 20.4. The molecule has 1 aromatic heterocycles. The molecule has 1 N–H and O–H groups in total. The fraction of sp³-hybridized carbons (Fsp3) is 0.273. The highest BCUT2D eigenvalue weighted by Crippen LogP contribution is 2.32. The van der Waals surface area contributed by atoms with Crippen molar-refractivity contribution >= 4 is 34.5 Å². The van der Waals surface area contributed by atoms with Gasteiger partial charge in [-0.15, -0.1) is 11.3 Å². The Morgan fingerprint density at radius 3 is 2.68 bits per heavy atom. The highest BCUT2D eigenvalue weighted by Gasteiger charge is 2.17. The van der Waals surface area contributed by atoms with Crippen molar-refractivity contribution in [3.8, 4) is 16.3 Å². The van der Waals surface area contributed by atoms with E-state index in [1.54, 1.807) is 7.11 Å². The smallest absolute Gasteiger partial charge is 0.230 e. The third kappa shape index (κ3) is 4.91. The maximum Gasteiger partial charge on any atom is 0.230 e. The summed E-state index contributed by atoms with van der Waals surface area (Å²) in [4.78, 5) is 17.2. The molecular weight excluding hydrogens is 392 g/mol. The van der Waals surface area contributed by atoms with Crippen molar-refractivity contribution in [2.75, 3.05) is 12.4 Å². The number of nitrogens with one attached hydrogen (secondary N) is 1. The SMILES string of the molecule is COc1ccc(C(C)(C)C)cc1NC(=O)Cc1csc(-c2cccc(Cl)c2)n1. The Morgan fingerprint density at radius 2 is 2.00 bits per heavy atom. The summed E-state index contributed by atoms with van der Waals surface area (Å²) in [5.41, 5.74) is 3.45. The Morgan fingerprint density at radius 1 is 1.21 bits per heavy atom. The van der Waals surface area contributed by atoms with E-state index in [1.807, 2.05) is 47.8 Å². The number of nitrogens with zero attached hydrogens (tertiary/aromatic N) is 1. The molecule has 0 radical (unpaired) electrons. The molecule has 1 amide bonds. The zero-order valence-corrected chi connectivity index (χ0v) is 17.9. The Hall–Kier alpha value is -2.37. The molecule has 0 saturated carbocycles. The Kier molecular flexibility index (Phi) is 6.06. The zero-order chi connectivity index (χ0) is 20.3. The zero-order valence-electron chi connectivity index (χ0n) is 16.4. The predicted molar refractivity (Wildman–Crippen MR) is 117 cm³/mol. The van der Waals surface area contributed by atoms with E-state index in [1.165, 1.54) is 11.3 Å². The van der Waals surface area contributed by atoms with Gasteiger partial charge in [-0.25, -0.2) is 4.98 Å². The molecule has 0 unspecified atom stereocenters. The van der Waals surface area contributed by atoms with Crippen molar-refractivity contribution in [3.63, 3.8) is 0 Å². The molecule has 0 aliphatic heterocycles. The number of methoxy groups -OCH3 is 1. The first-order chi connectivity index (χ1) is 13.3. The number of carbonyl (C=O) groups is 1. The van der Waals surface area contributed by atoms with Crippen LogP contribution in [0.2, 0.25) is 5.02 Å². The van der Waals surface area contributed by atoms with Gasteiger partial charge < -0.3 is 10.1 Å². The van der Waals surface area contributed by atoms with Crippen LogP contribution in [0.5, 0.6) is 5.75 Å². The van der Waals surface area contributed by atoms with Gasteiger partial charge in [0.15, 0.2) is 0 Å². The lowest BCUT2D eigenvalue weighted by Crippen LogP contribution is -2.17. The molecule has 4 nitrogen and oxygen atoms in total. The van der Waals surface area contributed by atoms with Crippen molar-refractivity contribution in [1.82, 2.24) is 4.98 Å². The summed E-state index contributed by atoms with van der Waals surface area (Å²) in [7, 11) is 1.60. The molecule has 3 rings (SSSR count). The van der Waals surface area contributed by atoms with E-state index in [0.29, 0.717) is 16.5 Å². The molecule has 0 aliphatic rings. The average molecular weight is 415 g/mol. The van der Waals surface area contributed by atoms with Gasteiger partial charge in [-0.1, -0.05) is 50.6 Å². The van der Waals surface area contributed by atoms with Gasteiger partial charge in [0.1, 0.15) is 10.8 Å². The largest absolute Gasteiger partial charge is 0.495 e. The second-order valence-electron chi connectivity index (χ2n) is 7.54. The monoisotopic (exact) mass is 414 g/mol. The van der Waals surface area contributed by atoms with Gasteiger partial charge in [-0.3, -0.25) is 4.79 Å². The lowest BCUT2D eigenvalue weighted by molar-refractivity contribution is -0.115. The summed E-state index contributed by atoms with van der Waals surface area (Å²) < 4.78 is 5.40. The number of amides is 1. The lowest BCUT2D eigenvalue weighted by atomic mass is 9.87. The molecule has 28 heavy (non-hydrogen) atoms. The summed E-state index contributed by atoms with van der Waals surface area (Å²) in [5.74, 6) is 0.506. The quantitative estimate of drug-likeness (QED) is 0.561. The lowest BCUT2D eigenvalue weighted by Gasteiger charge is -2.21. The first-order valence-corrected chi connectivity index (χ1v) is 10.2. The molecule has 0 atom stereocenters. The van der Waals surface area contributed by atoms with Crippen LogP contribution in [-0.2, 0) is 16.6 Å². The number of aromatic nitrogens is 1. The normalized spacial score (nSPS) is 11.3. The first-order valence-electron chi connectivity index (χ1n) is 8.95. The number of carbonyl (C=O) groups excluding carboxylic acids is 1. The third-order valence-corrected chi connectivity index (χ3v) is 5.48. The molecule has 0 aliphatic carbocycles. The number of thiazole rings is 1. The van der Waals surface area contributed by atoms with E-state index < -0.39 is 0 Å². The Bertz CT molecular complexity index is 992. The molecule has 2 aromatic carbocycles. The Labute approximate surface area is 174 Å². The molecule has 146 valence electrons. The van der Waals surface area contributed by atoms with Crippen molar-refractivity contribution in [1.29, 1.82) is 0 Å². The number of ether oxygens (including phenoxy) is 1. The van der Waals surface area contributed by atoms with Gasteiger partial charge in [-0.2, -0.15) is 0 Å². The maximum absolute atomic E-state index is 12.6. The van der Waals surface area contributed by atoms with Crippen molar-refractivity contribution in [2.45, 2.75) is 32.6 Å². The van der Waals surface area contributed by atoms with E-state index in [4.69, 9.17) is 16.3 Å². The van der Waals surface area contributed by atoms with Crippen molar-refractivity contribution in [3.05, 3.63) is 64.1 Å². The van der Waals surface area contributed by atoms with Crippen LogP contribution in [0.3, 0.4) is 0 Å². The number of rotatable bonds is 5. The summed E-state index contributed by atoms with van der Waals surface area (Å²) in [6.07, 6.45) is 0.194. The van der Waals surface area contributed by atoms with Gasteiger partial charge in [-0.05, 0) is 35.2 Å². The summed E-state index contributed by atoms with van der Waals surface area (Å²) in [6.45, 7) is 6.40. The topological polar surface area (TPSA) is 51.2 Å². The molecular formula is C22H23ClN2O2S. The third-order valence-electron chi connectivity index (χ3n) is 4.30. The average Bonchev–Trinajstić information content (AvgIpc) is 3.09. The van der Waals surface area contributed by atoms with E-state index in [2.05, 4.69) is 31.1 Å². The number of anilines is 1. The fourth-order valence-corrected chi connectivity index (χ4v) is 3.78. The van der Waals surface area contributed by atoms with Crippen LogP contribution in [-0.4, -0.2) is 18.0 Å². The number of halogens is 1. The minimum absolute atomic E-state index is 0.0213. The van der Waals surface area contributed by atoms with Crippen LogP contribution in [0.25, 0.3) is 10.6 Å². The number of hydrogen-bond donors (Lipinski definition) is 1. The van der Waals surface area contributed by atoms with Gasteiger partial charge >= 0.3 is 0 Å². The van der Waals surface area contributed by atoms with E-state index in [0.717, 1.165) is 21.8 Å². The molecule has 0 spiro atoms. The predicted octanol–water partition coefficient (Wildman–Crippen LogP) is 5.95. The van der Waals surface area contributed by atoms with Gasteiger partial charge in [0, 0.05) is 16.0 Å². The molecule has 1 heterocycles. The van der Waals surface area contributed by atoms with E-state index in [9.17, 15) is 4.79 Å². The maximum atomic E-state index is 12.6. The minimum atomic E-state index is -0.132. The number of hydrogen-bond acceptors (Lipinski definition) is 4. The van der Waals surface area contributed by atoms with Crippen LogP contribution in [0.4, 0.5) is 5.69 Å². The van der Waals surface area contributed by atoms with Crippen LogP contribution in [0.1, 0.15) is 32.0 Å². The summed E-state index contributed by atoms with van der Waals surface area (Å²) >= 11 is 7.55. The van der Waals surface area contributed by atoms with Gasteiger partial charge in [0.05, 0.1) is 24.9 Å². The van der Waals surface area contributed by atoms with E-state index >= 15 is 0 Å². The van der Waals surface area contributed by atoms with Crippen molar-refractivity contribution < 1.29 is 9.53 Å². The number of benzene rings is 2. The molecule has 6 heteroatoms. The molecule has 0 bridgehead atoms. The molecule has 0 saturated heterocycles. The second-order valence-corrected chi connectivity index (χ2v) is 8.84. The van der Waals surface area contributed by atoms with E-state index in [-0.39, 0.29) is 17.7 Å². The Balaban J connectivity index is 1.74. The van der Waals surface area contributed by atoms with Crippen molar-refractivity contribution in [2.24, 2.45) is 0 Å². The summed E-state index contributed by atoms with van der Waals surface area (Å²) in [6, 6.07) is 13.4. The molecule has 0 fully saturated rings. The van der Waals surface area contributed by atoms with Crippen LogP contribution in [0.15, 0.2) is 47.8 Å². The van der Waals surface area contributed by atoms with Gasteiger partial charge in [0.25, 0.3) is 0 Å². The highest BCUT2D eigenvalue weighted by molar-refractivity contribution is 7.13. The minimum Gasteiger partial charge on any atom is -0.495 e. The van der Waals surface area contributed by atoms with Crippen LogP contribution in [0, 0.1) is 0 Å². The van der Waals surface area contributed by atoms with Crippen LogP contribution >= 0.6 is 22.9 Å².